The summed E-state index contributed by atoms with van der Waals surface area (Å²) in [5.41, 5.74) is 8.57. The standard InChI is InChI=1S/C14H25N.ClH/c1-4-13-6-11(2)5-12(3,7-13)9-14(15,8-11)10-13;/h4-10,15H2,1-3H3;1H. The van der Waals surface area contributed by atoms with Gasteiger partial charge in [-0.25, -0.2) is 0 Å². The van der Waals surface area contributed by atoms with E-state index in [1.807, 2.05) is 0 Å². The van der Waals surface area contributed by atoms with Crippen LogP contribution in [0, 0.1) is 16.2 Å². The van der Waals surface area contributed by atoms with Crippen LogP contribution >= 0.6 is 12.4 Å². The van der Waals surface area contributed by atoms with Crippen molar-refractivity contribution in [3.8, 4) is 0 Å². The number of hydrogen-bond donors (Lipinski definition) is 1. The minimum atomic E-state index is 0. The molecule has 16 heavy (non-hydrogen) atoms. The Labute approximate surface area is 106 Å². The molecule has 4 saturated carbocycles. The maximum atomic E-state index is 6.65. The van der Waals surface area contributed by atoms with Crippen molar-refractivity contribution in [2.75, 3.05) is 0 Å². The first kappa shape index (κ1) is 12.7. The maximum Gasteiger partial charge on any atom is 0.0170 e. The van der Waals surface area contributed by atoms with E-state index in [1.165, 1.54) is 44.9 Å². The summed E-state index contributed by atoms with van der Waals surface area (Å²) < 4.78 is 0. The number of nitrogens with two attached hydrogens (primary N) is 1. The maximum absolute atomic E-state index is 6.65. The lowest BCUT2D eigenvalue weighted by molar-refractivity contribution is -0.156. The fourth-order valence-corrected chi connectivity index (χ4v) is 6.41. The second-order valence-corrected chi connectivity index (χ2v) is 7.90. The molecule has 1 nitrogen and oxygen atoms in total. The van der Waals surface area contributed by atoms with E-state index in [4.69, 9.17) is 5.73 Å². The number of hydrogen-bond acceptors (Lipinski definition) is 1. The van der Waals surface area contributed by atoms with E-state index in [0.29, 0.717) is 16.2 Å². The van der Waals surface area contributed by atoms with Gasteiger partial charge in [-0.15, -0.1) is 12.4 Å². The number of rotatable bonds is 1. The molecule has 4 bridgehead atoms. The molecular weight excluding hydrogens is 218 g/mol. The van der Waals surface area contributed by atoms with Gasteiger partial charge in [-0.1, -0.05) is 27.2 Å². The Bertz CT molecular complexity index is 258. The summed E-state index contributed by atoms with van der Waals surface area (Å²) in [7, 11) is 0. The van der Waals surface area contributed by atoms with Crippen molar-refractivity contribution in [3.05, 3.63) is 0 Å². The minimum absolute atomic E-state index is 0. The van der Waals surface area contributed by atoms with Gasteiger partial charge in [0.15, 0.2) is 0 Å². The second-order valence-electron chi connectivity index (χ2n) is 7.90. The minimum Gasteiger partial charge on any atom is -0.325 e. The van der Waals surface area contributed by atoms with E-state index >= 15 is 0 Å². The van der Waals surface area contributed by atoms with Gasteiger partial charge in [0.05, 0.1) is 0 Å². The Morgan fingerprint density at radius 2 is 1.38 bits per heavy atom. The lowest BCUT2D eigenvalue weighted by Gasteiger charge is -2.69. The third kappa shape index (κ3) is 1.62. The summed E-state index contributed by atoms with van der Waals surface area (Å²) in [6.07, 6.45) is 9.56. The van der Waals surface area contributed by atoms with Gasteiger partial charge in [0, 0.05) is 5.54 Å². The van der Waals surface area contributed by atoms with E-state index in [9.17, 15) is 0 Å². The second kappa shape index (κ2) is 3.17. The highest BCUT2D eigenvalue weighted by molar-refractivity contribution is 5.85. The van der Waals surface area contributed by atoms with Gasteiger partial charge in [0.25, 0.3) is 0 Å². The van der Waals surface area contributed by atoms with Crippen molar-refractivity contribution in [1.82, 2.24) is 0 Å². The van der Waals surface area contributed by atoms with E-state index < -0.39 is 0 Å². The average Bonchev–Trinajstić information content (AvgIpc) is 1.94. The fraction of sp³-hybridized carbons (Fsp3) is 1.00. The molecule has 4 aliphatic rings. The molecule has 0 spiro atoms. The van der Waals surface area contributed by atoms with Crippen molar-refractivity contribution < 1.29 is 0 Å². The zero-order chi connectivity index (χ0) is 10.9. The molecule has 4 rings (SSSR count). The summed E-state index contributed by atoms with van der Waals surface area (Å²) in [4.78, 5) is 0. The van der Waals surface area contributed by atoms with Crippen LogP contribution in [0.3, 0.4) is 0 Å². The number of halogens is 1. The monoisotopic (exact) mass is 243 g/mol. The van der Waals surface area contributed by atoms with Crippen LogP contribution in [0.15, 0.2) is 0 Å². The average molecular weight is 244 g/mol. The molecule has 0 heterocycles. The Balaban J connectivity index is 0.000000963. The van der Waals surface area contributed by atoms with Crippen LogP contribution in [0.4, 0.5) is 0 Å². The molecule has 0 aliphatic heterocycles. The van der Waals surface area contributed by atoms with Crippen molar-refractivity contribution in [3.63, 3.8) is 0 Å². The van der Waals surface area contributed by atoms with Gasteiger partial charge in [-0.3, -0.25) is 0 Å². The zero-order valence-corrected chi connectivity index (χ0v) is 11.8. The molecule has 0 amide bonds. The van der Waals surface area contributed by atoms with E-state index in [2.05, 4.69) is 20.8 Å². The Hall–Kier alpha value is 0.250. The molecule has 94 valence electrons. The van der Waals surface area contributed by atoms with Crippen LogP contribution in [-0.2, 0) is 0 Å². The van der Waals surface area contributed by atoms with Crippen LogP contribution in [-0.4, -0.2) is 5.54 Å². The van der Waals surface area contributed by atoms with Crippen LogP contribution in [0.5, 0.6) is 0 Å². The lowest BCUT2D eigenvalue weighted by Crippen LogP contribution is -2.65. The van der Waals surface area contributed by atoms with Gasteiger partial charge in [0.2, 0.25) is 0 Å². The highest BCUT2D eigenvalue weighted by Gasteiger charge is 2.63. The molecular formula is C14H26ClN. The van der Waals surface area contributed by atoms with Gasteiger partial charge in [0.1, 0.15) is 0 Å². The van der Waals surface area contributed by atoms with Crippen molar-refractivity contribution in [1.29, 1.82) is 0 Å². The molecule has 0 radical (unpaired) electrons. The molecule has 4 aliphatic carbocycles. The van der Waals surface area contributed by atoms with E-state index in [0.717, 1.165) is 0 Å². The predicted molar refractivity (Wildman–Crippen MR) is 70.8 cm³/mol. The molecule has 2 N–H and O–H groups in total. The first-order valence-electron chi connectivity index (χ1n) is 6.59. The SMILES string of the molecule is CCC12CC3(C)CC(C)(CC(N)(C3)C1)C2.Cl. The fourth-order valence-electron chi connectivity index (χ4n) is 6.41. The first-order chi connectivity index (χ1) is 6.80. The summed E-state index contributed by atoms with van der Waals surface area (Å²) in [6, 6.07) is 0. The third-order valence-electron chi connectivity index (χ3n) is 5.49. The summed E-state index contributed by atoms with van der Waals surface area (Å²) in [6.45, 7) is 7.37. The Morgan fingerprint density at radius 3 is 1.75 bits per heavy atom. The lowest BCUT2D eigenvalue weighted by atomic mass is 9.38. The summed E-state index contributed by atoms with van der Waals surface area (Å²) in [5, 5.41) is 0. The summed E-state index contributed by atoms with van der Waals surface area (Å²) >= 11 is 0. The van der Waals surface area contributed by atoms with Gasteiger partial charge >= 0.3 is 0 Å². The van der Waals surface area contributed by atoms with Gasteiger partial charge in [-0.2, -0.15) is 0 Å². The van der Waals surface area contributed by atoms with Gasteiger partial charge in [-0.05, 0) is 54.8 Å². The van der Waals surface area contributed by atoms with Crippen LogP contribution < -0.4 is 5.73 Å². The van der Waals surface area contributed by atoms with Crippen LogP contribution in [0.2, 0.25) is 0 Å². The molecule has 2 unspecified atom stereocenters. The van der Waals surface area contributed by atoms with Gasteiger partial charge < -0.3 is 5.73 Å². The van der Waals surface area contributed by atoms with Crippen molar-refractivity contribution >= 4 is 12.4 Å². The van der Waals surface area contributed by atoms with E-state index in [1.54, 1.807) is 0 Å². The molecule has 0 aromatic rings. The normalized spacial score (nSPS) is 58.5. The van der Waals surface area contributed by atoms with Crippen molar-refractivity contribution in [2.45, 2.75) is 71.3 Å². The largest absolute Gasteiger partial charge is 0.325 e. The highest BCUT2D eigenvalue weighted by Crippen LogP contribution is 2.70. The van der Waals surface area contributed by atoms with Crippen LogP contribution in [0.1, 0.15) is 65.7 Å². The molecule has 0 saturated heterocycles. The summed E-state index contributed by atoms with van der Waals surface area (Å²) in [5.74, 6) is 0. The van der Waals surface area contributed by atoms with Crippen molar-refractivity contribution in [2.24, 2.45) is 22.0 Å². The zero-order valence-electron chi connectivity index (χ0n) is 10.9. The van der Waals surface area contributed by atoms with E-state index in [-0.39, 0.29) is 17.9 Å². The smallest absolute Gasteiger partial charge is 0.0170 e. The highest BCUT2D eigenvalue weighted by atomic mass is 35.5. The molecule has 0 aromatic carbocycles. The van der Waals surface area contributed by atoms with Crippen LogP contribution in [0.25, 0.3) is 0 Å². The third-order valence-corrected chi connectivity index (χ3v) is 5.49. The molecule has 2 heteroatoms. The quantitative estimate of drug-likeness (QED) is 0.743. The molecule has 4 fully saturated rings. The topological polar surface area (TPSA) is 26.0 Å². The predicted octanol–water partition coefficient (Wildman–Crippen LogP) is 3.90. The Kier molecular flexibility index (Phi) is 2.52. The first-order valence-corrected chi connectivity index (χ1v) is 6.59. The molecule has 2 atom stereocenters. The molecule has 0 aromatic heterocycles. The Morgan fingerprint density at radius 1 is 0.875 bits per heavy atom.